The van der Waals surface area contributed by atoms with E-state index in [2.05, 4.69) is 5.32 Å². The summed E-state index contributed by atoms with van der Waals surface area (Å²) >= 11 is 0. The van der Waals surface area contributed by atoms with Crippen LogP contribution < -0.4 is 11.1 Å². The second-order valence-corrected chi connectivity index (χ2v) is 6.56. The van der Waals surface area contributed by atoms with Crippen molar-refractivity contribution in [1.82, 2.24) is 5.32 Å². The quantitative estimate of drug-likeness (QED) is 0.772. The summed E-state index contributed by atoms with van der Waals surface area (Å²) in [5.74, 6) is -0.321. The van der Waals surface area contributed by atoms with Crippen molar-refractivity contribution in [2.75, 3.05) is 23.8 Å². The predicted molar refractivity (Wildman–Crippen MR) is 72.3 cm³/mol. The van der Waals surface area contributed by atoms with Gasteiger partial charge >= 0.3 is 0 Å². The minimum absolute atomic E-state index is 0.0546. The zero-order valence-corrected chi connectivity index (χ0v) is 11.4. The molecule has 0 fully saturated rings. The first-order valence-electron chi connectivity index (χ1n) is 5.70. The highest BCUT2D eigenvalue weighted by molar-refractivity contribution is 7.91. The van der Waals surface area contributed by atoms with Crippen LogP contribution in [0, 0.1) is 6.92 Å². The van der Waals surface area contributed by atoms with Crippen LogP contribution in [0.1, 0.15) is 22.8 Å². The van der Waals surface area contributed by atoms with Gasteiger partial charge in [0.25, 0.3) is 5.91 Å². The molecule has 5 nitrogen and oxygen atoms in total. The standard InChI is InChI=1S/C12H18N2O3S/c1-3-18(16,17)7-6-14-12(15)10-8-9(2)4-5-11(10)13/h4-5,8H,3,6-7,13H2,1-2H3,(H,14,15). The summed E-state index contributed by atoms with van der Waals surface area (Å²) in [6.07, 6.45) is 0. The predicted octanol–water partition coefficient (Wildman–Crippen LogP) is 0.742. The van der Waals surface area contributed by atoms with E-state index in [4.69, 9.17) is 5.73 Å². The van der Waals surface area contributed by atoms with E-state index in [0.29, 0.717) is 11.3 Å². The average Bonchev–Trinajstić information content (AvgIpc) is 2.32. The molecule has 0 aliphatic heterocycles. The number of benzene rings is 1. The highest BCUT2D eigenvalue weighted by atomic mass is 32.2. The van der Waals surface area contributed by atoms with Crippen LogP contribution in [0.5, 0.6) is 0 Å². The Morgan fingerprint density at radius 2 is 2.06 bits per heavy atom. The van der Waals surface area contributed by atoms with Gasteiger partial charge in [0.15, 0.2) is 9.84 Å². The van der Waals surface area contributed by atoms with E-state index in [1.54, 1.807) is 19.1 Å². The van der Waals surface area contributed by atoms with Crippen LogP contribution in [0.25, 0.3) is 0 Å². The second kappa shape index (κ2) is 5.86. The molecular weight excluding hydrogens is 252 g/mol. The monoisotopic (exact) mass is 270 g/mol. The SMILES string of the molecule is CCS(=O)(=O)CCNC(=O)c1cc(C)ccc1N. The highest BCUT2D eigenvalue weighted by Gasteiger charge is 2.11. The summed E-state index contributed by atoms with van der Waals surface area (Å²) < 4.78 is 22.5. The Labute approximate surface area is 107 Å². The number of aryl methyl sites for hydroxylation is 1. The molecule has 6 heteroatoms. The lowest BCUT2D eigenvalue weighted by atomic mass is 10.1. The Kier molecular flexibility index (Phi) is 4.72. The highest BCUT2D eigenvalue weighted by Crippen LogP contribution is 2.13. The minimum atomic E-state index is -3.06. The Bertz CT molecular complexity index is 538. The molecule has 1 aromatic rings. The van der Waals surface area contributed by atoms with E-state index in [0.717, 1.165) is 5.56 Å². The van der Waals surface area contributed by atoms with Crippen molar-refractivity contribution in [2.24, 2.45) is 0 Å². The molecule has 0 heterocycles. The molecule has 0 atom stereocenters. The number of nitrogens with two attached hydrogens (primary N) is 1. The fraction of sp³-hybridized carbons (Fsp3) is 0.417. The fourth-order valence-corrected chi connectivity index (χ4v) is 2.13. The van der Waals surface area contributed by atoms with Crippen LogP contribution in [0.4, 0.5) is 5.69 Å². The van der Waals surface area contributed by atoms with Crippen molar-refractivity contribution in [3.05, 3.63) is 29.3 Å². The fourth-order valence-electron chi connectivity index (χ4n) is 1.43. The van der Waals surface area contributed by atoms with Gasteiger partial charge in [-0.15, -0.1) is 0 Å². The molecule has 0 bridgehead atoms. The van der Waals surface area contributed by atoms with Crippen LogP contribution in [0.3, 0.4) is 0 Å². The van der Waals surface area contributed by atoms with Gasteiger partial charge in [0.2, 0.25) is 0 Å². The maximum absolute atomic E-state index is 11.8. The molecule has 0 saturated carbocycles. The number of nitrogen functional groups attached to an aromatic ring is 1. The van der Waals surface area contributed by atoms with Crippen LogP contribution in [0.15, 0.2) is 18.2 Å². The van der Waals surface area contributed by atoms with Crippen LogP contribution in [-0.2, 0) is 9.84 Å². The van der Waals surface area contributed by atoms with Gasteiger partial charge in [-0.2, -0.15) is 0 Å². The number of sulfone groups is 1. The van der Waals surface area contributed by atoms with Crippen molar-refractivity contribution in [3.8, 4) is 0 Å². The molecule has 3 N–H and O–H groups in total. The molecule has 100 valence electrons. The first-order valence-corrected chi connectivity index (χ1v) is 7.52. The number of amides is 1. The average molecular weight is 270 g/mol. The molecule has 0 aromatic heterocycles. The number of carbonyl (C=O) groups is 1. The van der Waals surface area contributed by atoms with Gasteiger partial charge in [-0.1, -0.05) is 18.6 Å². The third-order valence-electron chi connectivity index (χ3n) is 2.59. The molecule has 0 saturated heterocycles. The van der Waals surface area contributed by atoms with Gasteiger partial charge in [0.1, 0.15) is 0 Å². The van der Waals surface area contributed by atoms with E-state index < -0.39 is 9.84 Å². The zero-order valence-electron chi connectivity index (χ0n) is 10.6. The summed E-state index contributed by atoms with van der Waals surface area (Å²) in [4.78, 5) is 11.8. The minimum Gasteiger partial charge on any atom is -0.398 e. The normalized spacial score (nSPS) is 11.2. The second-order valence-electron chi connectivity index (χ2n) is 4.08. The molecule has 0 unspecified atom stereocenters. The van der Waals surface area contributed by atoms with Crippen molar-refractivity contribution >= 4 is 21.4 Å². The van der Waals surface area contributed by atoms with Crippen LogP contribution >= 0.6 is 0 Å². The molecule has 18 heavy (non-hydrogen) atoms. The van der Waals surface area contributed by atoms with E-state index >= 15 is 0 Å². The Morgan fingerprint density at radius 3 is 2.67 bits per heavy atom. The van der Waals surface area contributed by atoms with Crippen LogP contribution in [-0.4, -0.2) is 32.4 Å². The number of hydrogen-bond acceptors (Lipinski definition) is 4. The van der Waals surface area contributed by atoms with Crippen molar-refractivity contribution < 1.29 is 13.2 Å². The third kappa shape index (κ3) is 4.03. The van der Waals surface area contributed by atoms with E-state index in [-0.39, 0.29) is 24.0 Å². The van der Waals surface area contributed by atoms with Gasteiger partial charge in [0.05, 0.1) is 11.3 Å². The summed E-state index contributed by atoms with van der Waals surface area (Å²) in [7, 11) is -3.06. The summed E-state index contributed by atoms with van der Waals surface area (Å²) in [5.41, 5.74) is 7.39. The molecule has 1 aromatic carbocycles. The number of rotatable bonds is 5. The number of carbonyl (C=O) groups excluding carboxylic acids is 1. The molecular formula is C12H18N2O3S. The van der Waals surface area contributed by atoms with Gasteiger partial charge in [-0.05, 0) is 19.1 Å². The summed E-state index contributed by atoms with van der Waals surface area (Å²) in [6.45, 7) is 3.54. The molecule has 0 spiro atoms. The Morgan fingerprint density at radius 1 is 1.39 bits per heavy atom. The zero-order chi connectivity index (χ0) is 13.8. The topological polar surface area (TPSA) is 89.3 Å². The Balaban J connectivity index is 2.64. The first-order chi connectivity index (χ1) is 8.35. The largest absolute Gasteiger partial charge is 0.398 e. The van der Waals surface area contributed by atoms with Gasteiger partial charge < -0.3 is 11.1 Å². The lowest BCUT2D eigenvalue weighted by Crippen LogP contribution is -2.30. The third-order valence-corrected chi connectivity index (χ3v) is 4.30. The van der Waals surface area contributed by atoms with E-state index in [1.807, 2.05) is 13.0 Å². The van der Waals surface area contributed by atoms with E-state index in [1.165, 1.54) is 0 Å². The lowest BCUT2D eigenvalue weighted by molar-refractivity contribution is 0.0957. The lowest BCUT2D eigenvalue weighted by Gasteiger charge is -2.08. The Hall–Kier alpha value is -1.56. The van der Waals surface area contributed by atoms with Crippen molar-refractivity contribution in [3.63, 3.8) is 0 Å². The summed E-state index contributed by atoms with van der Waals surface area (Å²) in [6, 6.07) is 5.15. The van der Waals surface area contributed by atoms with Crippen LogP contribution in [0.2, 0.25) is 0 Å². The molecule has 1 rings (SSSR count). The summed E-state index contributed by atoms with van der Waals surface area (Å²) in [5, 5.41) is 2.56. The molecule has 1 amide bonds. The van der Waals surface area contributed by atoms with Crippen molar-refractivity contribution in [1.29, 1.82) is 0 Å². The molecule has 0 radical (unpaired) electrons. The number of nitrogens with one attached hydrogen (secondary N) is 1. The smallest absolute Gasteiger partial charge is 0.253 e. The number of anilines is 1. The molecule has 0 aliphatic rings. The van der Waals surface area contributed by atoms with E-state index in [9.17, 15) is 13.2 Å². The van der Waals surface area contributed by atoms with Crippen molar-refractivity contribution in [2.45, 2.75) is 13.8 Å². The first kappa shape index (κ1) is 14.5. The number of hydrogen-bond donors (Lipinski definition) is 2. The maximum atomic E-state index is 11.8. The van der Waals surface area contributed by atoms with Gasteiger partial charge in [-0.3, -0.25) is 4.79 Å². The maximum Gasteiger partial charge on any atom is 0.253 e. The van der Waals surface area contributed by atoms with Gasteiger partial charge in [0, 0.05) is 18.0 Å². The van der Waals surface area contributed by atoms with Gasteiger partial charge in [-0.25, -0.2) is 8.42 Å². The molecule has 0 aliphatic carbocycles.